The molecule has 0 aliphatic heterocycles. The molecule has 0 aromatic rings. The van der Waals surface area contributed by atoms with Crippen LogP contribution in [0.3, 0.4) is 0 Å². The summed E-state index contributed by atoms with van der Waals surface area (Å²) in [5, 5.41) is 3.79. The smallest absolute Gasteiger partial charge is 0.0130 e. The lowest BCUT2D eigenvalue weighted by Crippen LogP contribution is -2.27. The Labute approximate surface area is 87.0 Å². The highest BCUT2D eigenvalue weighted by Crippen LogP contribution is 2.51. The fourth-order valence-electron chi connectivity index (χ4n) is 3.47. The first-order valence-corrected chi connectivity index (χ1v) is 6.33. The molecular formula is C13H21N. The number of hydrogen-bond acceptors (Lipinski definition) is 1. The zero-order valence-electron chi connectivity index (χ0n) is 8.91. The van der Waals surface area contributed by atoms with Crippen LogP contribution in [0.25, 0.3) is 0 Å². The lowest BCUT2D eigenvalue weighted by Gasteiger charge is -2.18. The van der Waals surface area contributed by atoms with Gasteiger partial charge in [0.2, 0.25) is 0 Å². The van der Waals surface area contributed by atoms with Crippen LogP contribution in [0, 0.1) is 17.8 Å². The maximum absolute atomic E-state index is 3.79. The second-order valence-corrected chi connectivity index (χ2v) is 5.34. The molecule has 2 fully saturated rings. The van der Waals surface area contributed by atoms with E-state index in [0.29, 0.717) is 0 Å². The maximum atomic E-state index is 3.79. The van der Waals surface area contributed by atoms with Gasteiger partial charge in [-0.3, -0.25) is 0 Å². The van der Waals surface area contributed by atoms with Crippen LogP contribution in [0.2, 0.25) is 0 Å². The first-order chi connectivity index (χ1) is 6.95. The SMILES string of the molecule is C1=CCC(CNC2C3CCCC32)CC1. The predicted molar refractivity (Wildman–Crippen MR) is 59.1 cm³/mol. The van der Waals surface area contributed by atoms with Crippen LogP contribution in [0.1, 0.15) is 38.5 Å². The van der Waals surface area contributed by atoms with Crippen LogP contribution in [-0.4, -0.2) is 12.6 Å². The average Bonchev–Trinajstić information content (AvgIpc) is 2.69. The molecule has 3 rings (SSSR count). The van der Waals surface area contributed by atoms with Gasteiger partial charge < -0.3 is 5.32 Å². The predicted octanol–water partition coefficient (Wildman–Crippen LogP) is 2.73. The molecule has 1 N–H and O–H groups in total. The molecule has 0 amide bonds. The Hall–Kier alpha value is -0.300. The van der Waals surface area contributed by atoms with Gasteiger partial charge in [-0.05, 0) is 56.4 Å². The van der Waals surface area contributed by atoms with Gasteiger partial charge in [-0.15, -0.1) is 0 Å². The van der Waals surface area contributed by atoms with Gasteiger partial charge in [-0.25, -0.2) is 0 Å². The summed E-state index contributed by atoms with van der Waals surface area (Å²) in [6.07, 6.45) is 13.2. The Bertz CT molecular complexity index is 223. The van der Waals surface area contributed by atoms with Gasteiger partial charge in [0.1, 0.15) is 0 Å². The van der Waals surface area contributed by atoms with Gasteiger partial charge in [0, 0.05) is 6.04 Å². The lowest BCUT2D eigenvalue weighted by molar-refractivity contribution is 0.422. The topological polar surface area (TPSA) is 12.0 Å². The molecular weight excluding hydrogens is 170 g/mol. The largest absolute Gasteiger partial charge is 0.313 e. The summed E-state index contributed by atoms with van der Waals surface area (Å²) < 4.78 is 0. The zero-order valence-corrected chi connectivity index (χ0v) is 8.91. The minimum absolute atomic E-state index is 0.926. The molecule has 0 saturated heterocycles. The minimum Gasteiger partial charge on any atom is -0.313 e. The van der Waals surface area contributed by atoms with Crippen LogP contribution in [-0.2, 0) is 0 Å². The number of rotatable bonds is 3. The van der Waals surface area contributed by atoms with Crippen molar-refractivity contribution >= 4 is 0 Å². The Morgan fingerprint density at radius 3 is 2.64 bits per heavy atom. The molecule has 78 valence electrons. The van der Waals surface area contributed by atoms with E-state index in [1.807, 2.05) is 0 Å². The van der Waals surface area contributed by atoms with Crippen LogP contribution in [0.4, 0.5) is 0 Å². The van der Waals surface area contributed by atoms with Gasteiger partial charge in [-0.2, -0.15) is 0 Å². The van der Waals surface area contributed by atoms with Crippen molar-refractivity contribution in [3.05, 3.63) is 12.2 Å². The summed E-state index contributed by atoms with van der Waals surface area (Å²) in [6, 6.07) is 0.926. The molecule has 0 radical (unpaired) electrons. The van der Waals surface area contributed by atoms with E-state index in [0.717, 1.165) is 23.8 Å². The fourth-order valence-corrected chi connectivity index (χ4v) is 3.47. The highest BCUT2D eigenvalue weighted by atomic mass is 15.0. The Morgan fingerprint density at radius 1 is 1.07 bits per heavy atom. The fraction of sp³-hybridized carbons (Fsp3) is 0.846. The Morgan fingerprint density at radius 2 is 1.93 bits per heavy atom. The van der Waals surface area contributed by atoms with Crippen molar-refractivity contribution in [3.8, 4) is 0 Å². The van der Waals surface area contributed by atoms with Gasteiger partial charge in [0.25, 0.3) is 0 Å². The molecule has 3 aliphatic carbocycles. The average molecular weight is 191 g/mol. The van der Waals surface area contributed by atoms with E-state index in [1.54, 1.807) is 0 Å². The van der Waals surface area contributed by atoms with Crippen molar-refractivity contribution in [2.24, 2.45) is 17.8 Å². The Kier molecular flexibility index (Phi) is 2.36. The molecule has 3 atom stereocenters. The van der Waals surface area contributed by atoms with Crippen molar-refractivity contribution in [1.82, 2.24) is 5.32 Å². The van der Waals surface area contributed by atoms with Crippen molar-refractivity contribution in [2.45, 2.75) is 44.6 Å². The Balaban J connectivity index is 1.40. The van der Waals surface area contributed by atoms with Crippen LogP contribution >= 0.6 is 0 Å². The molecule has 1 heteroatoms. The molecule has 3 unspecified atom stereocenters. The van der Waals surface area contributed by atoms with E-state index in [9.17, 15) is 0 Å². The summed E-state index contributed by atoms with van der Waals surface area (Å²) in [5.74, 6) is 3.09. The van der Waals surface area contributed by atoms with Crippen LogP contribution < -0.4 is 5.32 Å². The van der Waals surface area contributed by atoms with Gasteiger partial charge in [0.15, 0.2) is 0 Å². The second kappa shape index (κ2) is 3.69. The summed E-state index contributed by atoms with van der Waals surface area (Å²) in [4.78, 5) is 0. The first-order valence-electron chi connectivity index (χ1n) is 6.33. The third-order valence-corrected chi connectivity index (χ3v) is 4.43. The van der Waals surface area contributed by atoms with E-state index in [4.69, 9.17) is 0 Å². The standard InChI is InChI=1S/C13H21N/c1-2-5-10(6-3-1)9-14-13-11-7-4-8-12(11)13/h1-2,10-14H,3-9H2. The molecule has 0 bridgehead atoms. The summed E-state index contributed by atoms with van der Waals surface area (Å²) in [5.41, 5.74) is 0. The van der Waals surface area contributed by atoms with Crippen molar-refractivity contribution in [1.29, 1.82) is 0 Å². The molecule has 3 aliphatic rings. The first kappa shape index (κ1) is 8.96. The summed E-state index contributed by atoms with van der Waals surface area (Å²) >= 11 is 0. The molecule has 2 saturated carbocycles. The minimum atomic E-state index is 0.926. The quantitative estimate of drug-likeness (QED) is 0.676. The molecule has 1 nitrogen and oxygen atoms in total. The van der Waals surface area contributed by atoms with Crippen LogP contribution in [0.15, 0.2) is 12.2 Å². The third kappa shape index (κ3) is 1.63. The molecule has 0 aromatic heterocycles. The van der Waals surface area contributed by atoms with E-state index in [-0.39, 0.29) is 0 Å². The molecule has 0 aromatic carbocycles. The molecule has 0 spiro atoms. The van der Waals surface area contributed by atoms with Gasteiger partial charge in [-0.1, -0.05) is 18.6 Å². The number of fused-ring (bicyclic) bond motifs is 1. The number of nitrogens with one attached hydrogen (secondary N) is 1. The highest BCUT2D eigenvalue weighted by molar-refractivity contribution is 5.06. The highest BCUT2D eigenvalue weighted by Gasteiger charge is 2.52. The van der Waals surface area contributed by atoms with Crippen LogP contribution in [0.5, 0.6) is 0 Å². The molecule has 0 heterocycles. The third-order valence-electron chi connectivity index (χ3n) is 4.43. The maximum Gasteiger partial charge on any atom is 0.0130 e. The van der Waals surface area contributed by atoms with Crippen molar-refractivity contribution < 1.29 is 0 Å². The number of allylic oxidation sites excluding steroid dienone is 2. The monoisotopic (exact) mass is 191 g/mol. The van der Waals surface area contributed by atoms with Gasteiger partial charge in [0.05, 0.1) is 0 Å². The van der Waals surface area contributed by atoms with E-state index in [2.05, 4.69) is 17.5 Å². The van der Waals surface area contributed by atoms with Crippen molar-refractivity contribution in [2.75, 3.05) is 6.54 Å². The normalized spacial score (nSPS) is 45.1. The number of hydrogen-bond donors (Lipinski definition) is 1. The molecule has 14 heavy (non-hydrogen) atoms. The van der Waals surface area contributed by atoms with E-state index < -0.39 is 0 Å². The summed E-state index contributed by atoms with van der Waals surface area (Å²) in [7, 11) is 0. The van der Waals surface area contributed by atoms with E-state index >= 15 is 0 Å². The second-order valence-electron chi connectivity index (χ2n) is 5.34. The van der Waals surface area contributed by atoms with Crippen molar-refractivity contribution in [3.63, 3.8) is 0 Å². The lowest BCUT2D eigenvalue weighted by atomic mass is 9.94. The summed E-state index contributed by atoms with van der Waals surface area (Å²) in [6.45, 7) is 1.28. The van der Waals surface area contributed by atoms with Gasteiger partial charge >= 0.3 is 0 Å². The zero-order chi connectivity index (χ0) is 9.38. The van der Waals surface area contributed by atoms with E-state index in [1.165, 1.54) is 45.1 Å².